The number of fused-ring (bicyclic) bond motifs is 5. The lowest BCUT2D eigenvalue weighted by Gasteiger charge is -2.39. The van der Waals surface area contributed by atoms with Gasteiger partial charge in [0.2, 0.25) is 0 Å². The molecule has 4 heterocycles. The number of hydrogen-bond acceptors (Lipinski definition) is 4. The fourth-order valence-corrected chi connectivity index (χ4v) is 8.47. The monoisotopic (exact) mass is 627 g/mol. The molecule has 1 aliphatic carbocycles. The van der Waals surface area contributed by atoms with Crippen LogP contribution in [0.2, 0.25) is 0 Å². The van der Waals surface area contributed by atoms with Gasteiger partial charge in [-0.05, 0) is 110 Å². The zero-order valence-electron chi connectivity index (χ0n) is 27.7. The van der Waals surface area contributed by atoms with Crippen LogP contribution in [0.4, 0.5) is 22.9 Å². The van der Waals surface area contributed by atoms with Gasteiger partial charge in [0.25, 0.3) is 0 Å². The van der Waals surface area contributed by atoms with Crippen molar-refractivity contribution in [3.63, 3.8) is 0 Å². The van der Waals surface area contributed by atoms with Crippen LogP contribution < -0.4 is 15.1 Å². The molecule has 2 atom stereocenters. The first-order valence-corrected chi connectivity index (χ1v) is 17.4. The van der Waals surface area contributed by atoms with Gasteiger partial charge < -0.3 is 14.4 Å². The molecule has 0 radical (unpaired) electrons. The quantitative estimate of drug-likeness (QED) is 0.200. The molecule has 0 spiro atoms. The number of benzene rings is 4. The van der Waals surface area contributed by atoms with Crippen LogP contribution in [0.3, 0.4) is 0 Å². The van der Waals surface area contributed by atoms with Crippen LogP contribution in [-0.2, 0) is 11.8 Å². The summed E-state index contributed by atoms with van der Waals surface area (Å²) in [6, 6.07) is 42.0. The second-order valence-electron chi connectivity index (χ2n) is 13.9. The van der Waals surface area contributed by atoms with Crippen molar-refractivity contribution < 1.29 is 0 Å². The van der Waals surface area contributed by atoms with Gasteiger partial charge in [-0.15, -0.1) is 0 Å². The Morgan fingerprint density at radius 3 is 2.21 bits per heavy atom. The fourth-order valence-electron chi connectivity index (χ4n) is 8.47. The van der Waals surface area contributed by atoms with Crippen LogP contribution >= 0.6 is 0 Å². The van der Waals surface area contributed by atoms with Gasteiger partial charge in [0.1, 0.15) is 5.82 Å². The molecule has 5 heteroatoms. The smallest absolute Gasteiger partial charge is 0.133 e. The summed E-state index contributed by atoms with van der Waals surface area (Å²) in [5, 5.41) is 5.22. The SMILES string of the molecule is CC1(C)c2ccccc2-n2c3c(c4cc(N(c5ccccc5)C5CCCCN5)cc1c42)CC(N(c1ccccc1)c1ccccn1)C=C3. The van der Waals surface area contributed by atoms with Crippen molar-refractivity contribution in [1.82, 2.24) is 14.9 Å². The first kappa shape index (κ1) is 29.0. The summed E-state index contributed by atoms with van der Waals surface area (Å²) in [4.78, 5) is 9.80. The molecule has 4 aromatic carbocycles. The van der Waals surface area contributed by atoms with Crippen LogP contribution in [0.5, 0.6) is 0 Å². The summed E-state index contributed by atoms with van der Waals surface area (Å²) in [7, 11) is 0. The van der Waals surface area contributed by atoms with Crippen molar-refractivity contribution in [3.8, 4) is 5.69 Å². The fraction of sp³-hybridized carbons (Fsp3) is 0.233. The molecule has 3 aliphatic rings. The van der Waals surface area contributed by atoms with E-state index in [9.17, 15) is 0 Å². The molecule has 238 valence electrons. The largest absolute Gasteiger partial charge is 0.325 e. The van der Waals surface area contributed by atoms with Gasteiger partial charge >= 0.3 is 0 Å². The minimum absolute atomic E-state index is 0.107. The average Bonchev–Trinajstić information content (AvgIpc) is 3.46. The van der Waals surface area contributed by atoms with E-state index in [2.05, 4.69) is 155 Å². The number of aromatic nitrogens is 2. The van der Waals surface area contributed by atoms with Crippen molar-refractivity contribution in [1.29, 1.82) is 0 Å². The van der Waals surface area contributed by atoms with Gasteiger partial charge in [-0.2, -0.15) is 0 Å². The third-order valence-corrected chi connectivity index (χ3v) is 10.7. The molecule has 1 saturated heterocycles. The van der Waals surface area contributed by atoms with Crippen molar-refractivity contribution in [2.75, 3.05) is 16.3 Å². The van der Waals surface area contributed by atoms with Crippen LogP contribution in [0.1, 0.15) is 55.5 Å². The molecule has 5 nitrogen and oxygen atoms in total. The highest BCUT2D eigenvalue weighted by atomic mass is 15.3. The highest BCUT2D eigenvalue weighted by molar-refractivity contribution is 5.99. The third-order valence-electron chi connectivity index (χ3n) is 10.7. The summed E-state index contributed by atoms with van der Waals surface area (Å²) in [5.41, 5.74) is 11.5. The molecule has 1 fully saturated rings. The predicted octanol–water partition coefficient (Wildman–Crippen LogP) is 9.68. The Labute approximate surface area is 283 Å². The maximum absolute atomic E-state index is 4.84. The lowest BCUT2D eigenvalue weighted by Crippen LogP contribution is -2.46. The number of nitrogens with zero attached hydrogens (tertiary/aromatic N) is 4. The Morgan fingerprint density at radius 2 is 1.48 bits per heavy atom. The lowest BCUT2D eigenvalue weighted by molar-refractivity contribution is 0.405. The van der Waals surface area contributed by atoms with Crippen molar-refractivity contribution in [3.05, 3.63) is 150 Å². The predicted molar refractivity (Wildman–Crippen MR) is 199 cm³/mol. The molecular weight excluding hydrogens is 587 g/mol. The molecular formula is C43H41N5. The van der Waals surface area contributed by atoms with Crippen LogP contribution in [-0.4, -0.2) is 28.3 Å². The lowest BCUT2D eigenvalue weighted by atomic mass is 9.74. The number of piperidine rings is 1. The van der Waals surface area contributed by atoms with Crippen LogP contribution in [0, 0.1) is 0 Å². The van der Waals surface area contributed by atoms with E-state index in [4.69, 9.17) is 4.98 Å². The van der Waals surface area contributed by atoms with Crippen LogP contribution in [0.25, 0.3) is 22.7 Å². The summed E-state index contributed by atoms with van der Waals surface area (Å²) in [6.07, 6.45) is 11.4. The minimum Gasteiger partial charge on any atom is -0.325 e. The minimum atomic E-state index is -0.169. The first-order valence-electron chi connectivity index (χ1n) is 17.4. The Balaban J connectivity index is 1.28. The number of para-hydroxylation sites is 3. The molecule has 0 amide bonds. The Bertz CT molecular complexity index is 2090. The molecule has 2 unspecified atom stereocenters. The van der Waals surface area contributed by atoms with E-state index in [1.54, 1.807) is 0 Å². The van der Waals surface area contributed by atoms with Gasteiger partial charge in [0.05, 0.1) is 23.4 Å². The second kappa shape index (κ2) is 11.5. The van der Waals surface area contributed by atoms with E-state index in [1.165, 1.54) is 63.2 Å². The van der Waals surface area contributed by atoms with Crippen molar-refractivity contribution in [2.24, 2.45) is 0 Å². The van der Waals surface area contributed by atoms with E-state index in [1.807, 2.05) is 12.3 Å². The number of anilines is 4. The second-order valence-corrected chi connectivity index (χ2v) is 13.9. The molecule has 0 bridgehead atoms. The number of hydrogen-bond donors (Lipinski definition) is 1. The summed E-state index contributed by atoms with van der Waals surface area (Å²) >= 11 is 0. The van der Waals surface area contributed by atoms with Gasteiger partial charge in [-0.1, -0.05) is 80.6 Å². The molecule has 2 aliphatic heterocycles. The number of nitrogens with one attached hydrogen (secondary N) is 1. The zero-order chi connectivity index (χ0) is 32.2. The normalized spacial score (nSPS) is 19.0. The molecule has 9 rings (SSSR count). The summed E-state index contributed by atoms with van der Waals surface area (Å²) < 4.78 is 2.55. The highest BCUT2D eigenvalue weighted by Crippen LogP contribution is 2.50. The summed E-state index contributed by atoms with van der Waals surface area (Å²) in [6.45, 7) is 5.86. The van der Waals surface area contributed by atoms with E-state index < -0.39 is 0 Å². The average molecular weight is 628 g/mol. The Hall–Kier alpha value is -5.13. The number of rotatable bonds is 6. The van der Waals surface area contributed by atoms with E-state index in [-0.39, 0.29) is 17.6 Å². The molecule has 0 saturated carbocycles. The van der Waals surface area contributed by atoms with Gasteiger partial charge in [-0.25, -0.2) is 4.98 Å². The standard InChI is InChI=1S/C43H41N5/c1-43(2)36-19-9-10-20-39(36)48-38-24-23-32(46(30-15-5-3-6-16-30)40-21-11-13-25-44-40)27-34(38)35-28-33(29-37(43)42(35)48)47(31-17-7-4-8-18-31)41-22-12-14-26-45-41/h3-11,13,15-21,23-25,28-29,32,41,45H,12,14,22,26-27H2,1-2H3. The van der Waals surface area contributed by atoms with E-state index in [0.717, 1.165) is 30.9 Å². The maximum Gasteiger partial charge on any atom is 0.133 e. The Kier molecular flexibility index (Phi) is 6.98. The van der Waals surface area contributed by atoms with Crippen LogP contribution in [0.15, 0.2) is 128 Å². The molecule has 2 aromatic heterocycles. The molecule has 48 heavy (non-hydrogen) atoms. The van der Waals surface area contributed by atoms with Gasteiger partial charge in [0, 0.05) is 39.8 Å². The molecule has 1 N–H and O–H groups in total. The van der Waals surface area contributed by atoms with E-state index >= 15 is 0 Å². The topological polar surface area (TPSA) is 36.3 Å². The summed E-state index contributed by atoms with van der Waals surface area (Å²) in [5.74, 6) is 0.960. The van der Waals surface area contributed by atoms with Gasteiger partial charge in [-0.3, -0.25) is 5.32 Å². The first-order chi connectivity index (χ1) is 23.6. The van der Waals surface area contributed by atoms with Gasteiger partial charge in [0.15, 0.2) is 0 Å². The zero-order valence-corrected chi connectivity index (χ0v) is 27.7. The van der Waals surface area contributed by atoms with Crippen molar-refractivity contribution in [2.45, 2.75) is 57.2 Å². The molecule has 6 aromatic rings. The van der Waals surface area contributed by atoms with E-state index in [0.29, 0.717) is 0 Å². The van der Waals surface area contributed by atoms with Crippen molar-refractivity contribution >= 4 is 39.9 Å². The third kappa shape index (κ3) is 4.60. The Morgan fingerprint density at radius 1 is 0.750 bits per heavy atom. The number of pyridine rings is 1. The maximum atomic E-state index is 4.84. The highest BCUT2D eigenvalue weighted by Gasteiger charge is 2.39.